The van der Waals surface area contributed by atoms with E-state index in [1.54, 1.807) is 20.8 Å². The zero-order valence-corrected chi connectivity index (χ0v) is 19.0. The van der Waals surface area contributed by atoms with Crippen molar-refractivity contribution >= 4 is 17.9 Å². The molecule has 3 atom stereocenters. The number of hydrogen-bond donors (Lipinski definition) is 3. The molecular weight excluding hydrogens is 457 g/mol. The van der Waals surface area contributed by atoms with Crippen LogP contribution < -0.4 is 16.0 Å². The Balaban J connectivity index is 1.98. The van der Waals surface area contributed by atoms with Crippen LogP contribution >= 0.6 is 0 Å². The molecule has 0 heterocycles. The van der Waals surface area contributed by atoms with Crippen LogP contribution in [0.5, 0.6) is 0 Å². The second-order valence-corrected chi connectivity index (χ2v) is 8.86. The Hall–Kier alpha value is -3.47. The van der Waals surface area contributed by atoms with E-state index in [-0.39, 0.29) is 18.0 Å². The van der Waals surface area contributed by atoms with Crippen LogP contribution in [0.25, 0.3) is 10.4 Å². The zero-order valence-electron chi connectivity index (χ0n) is 19.0. The van der Waals surface area contributed by atoms with E-state index in [2.05, 4.69) is 26.0 Å². The summed E-state index contributed by atoms with van der Waals surface area (Å²) in [5.41, 5.74) is 6.75. The molecule has 1 fully saturated rings. The third-order valence-electron chi connectivity index (χ3n) is 4.95. The smallest absolute Gasteiger partial charge is 0.416 e. The summed E-state index contributed by atoms with van der Waals surface area (Å²) in [7, 11) is 0. The number of ether oxygens (including phenoxy) is 1. The number of benzene rings is 1. The highest BCUT2D eigenvalue weighted by molar-refractivity contribution is 5.96. The topological polar surface area (TPSA) is 145 Å². The van der Waals surface area contributed by atoms with Gasteiger partial charge in [0.1, 0.15) is 5.60 Å². The lowest BCUT2D eigenvalue weighted by Crippen LogP contribution is -2.56. The molecule has 3 amide bonds. The fraction of sp³-hybridized carbons (Fsp3) is 0.571. The molecule has 13 heteroatoms. The quantitative estimate of drug-likeness (QED) is 0.321. The largest absolute Gasteiger partial charge is 0.444 e. The van der Waals surface area contributed by atoms with Gasteiger partial charge in [0.25, 0.3) is 5.91 Å². The fourth-order valence-electron chi connectivity index (χ4n) is 3.47. The maximum Gasteiger partial charge on any atom is 0.416 e. The summed E-state index contributed by atoms with van der Waals surface area (Å²) >= 11 is 0. The van der Waals surface area contributed by atoms with Gasteiger partial charge in [0.05, 0.1) is 18.2 Å². The first-order valence-corrected chi connectivity index (χ1v) is 10.6. The molecule has 2 rings (SSSR count). The Bertz CT molecular complexity index is 957. The minimum Gasteiger partial charge on any atom is -0.444 e. The predicted molar refractivity (Wildman–Crippen MR) is 116 cm³/mol. The van der Waals surface area contributed by atoms with Crippen LogP contribution in [0.4, 0.5) is 18.0 Å². The van der Waals surface area contributed by atoms with Gasteiger partial charge in [-0.25, -0.2) is 4.79 Å². The molecule has 1 saturated carbocycles. The van der Waals surface area contributed by atoms with E-state index in [0.29, 0.717) is 18.9 Å². The first kappa shape index (κ1) is 26.8. The molecule has 3 N–H and O–H groups in total. The minimum absolute atomic E-state index is 0.234. The lowest BCUT2D eigenvalue weighted by Gasteiger charge is -2.35. The van der Waals surface area contributed by atoms with Gasteiger partial charge >= 0.3 is 12.3 Å². The number of carbonyl (C=O) groups is 3. The number of alkyl carbamates (subject to hydrolysis) is 1. The van der Waals surface area contributed by atoms with Gasteiger partial charge in [0.15, 0.2) is 0 Å². The molecule has 0 aromatic heterocycles. The number of rotatable bonds is 6. The molecule has 0 spiro atoms. The third-order valence-corrected chi connectivity index (χ3v) is 4.95. The molecule has 0 bridgehead atoms. The summed E-state index contributed by atoms with van der Waals surface area (Å²) in [6, 6.07) is 2.35. The Morgan fingerprint density at radius 3 is 2.47 bits per heavy atom. The summed E-state index contributed by atoms with van der Waals surface area (Å²) in [6.07, 6.45) is -4.17. The van der Waals surface area contributed by atoms with Crippen LogP contribution in [0, 0.1) is 0 Å². The third kappa shape index (κ3) is 8.47. The Morgan fingerprint density at radius 2 is 1.85 bits per heavy atom. The van der Waals surface area contributed by atoms with Crippen LogP contribution in [-0.2, 0) is 15.7 Å². The van der Waals surface area contributed by atoms with Crippen molar-refractivity contribution in [2.24, 2.45) is 5.11 Å². The first-order valence-electron chi connectivity index (χ1n) is 10.6. The maximum absolute atomic E-state index is 12.8. The van der Waals surface area contributed by atoms with Crippen molar-refractivity contribution in [1.82, 2.24) is 16.0 Å². The fourth-order valence-corrected chi connectivity index (χ4v) is 3.47. The second-order valence-electron chi connectivity index (χ2n) is 8.86. The molecular formula is C21H27F3N6O4. The number of amides is 3. The van der Waals surface area contributed by atoms with E-state index in [0.717, 1.165) is 12.1 Å². The van der Waals surface area contributed by atoms with Gasteiger partial charge in [0, 0.05) is 22.6 Å². The van der Waals surface area contributed by atoms with Gasteiger partial charge in [0.2, 0.25) is 5.91 Å². The van der Waals surface area contributed by atoms with Crippen molar-refractivity contribution in [2.45, 2.75) is 69.9 Å². The lowest BCUT2D eigenvalue weighted by molar-refractivity contribution is -0.137. The summed E-state index contributed by atoms with van der Waals surface area (Å²) in [4.78, 5) is 39.6. The summed E-state index contributed by atoms with van der Waals surface area (Å²) in [5, 5.41) is 11.4. The van der Waals surface area contributed by atoms with Crippen molar-refractivity contribution in [3.63, 3.8) is 0 Å². The Labute approximate surface area is 194 Å². The number of alkyl halides is 3. The van der Waals surface area contributed by atoms with Gasteiger partial charge < -0.3 is 20.7 Å². The molecule has 1 aliphatic carbocycles. The van der Waals surface area contributed by atoms with Gasteiger partial charge in [-0.05, 0) is 63.8 Å². The molecule has 1 aliphatic rings. The van der Waals surface area contributed by atoms with E-state index < -0.39 is 53.9 Å². The summed E-state index contributed by atoms with van der Waals surface area (Å²) in [6.45, 7) is 4.61. The minimum atomic E-state index is -4.60. The highest BCUT2D eigenvalue weighted by Crippen LogP contribution is 2.29. The molecule has 0 radical (unpaired) electrons. The molecule has 0 aliphatic heterocycles. The molecule has 10 nitrogen and oxygen atoms in total. The van der Waals surface area contributed by atoms with E-state index in [9.17, 15) is 27.6 Å². The van der Waals surface area contributed by atoms with Gasteiger partial charge in [-0.15, -0.1) is 0 Å². The number of nitrogens with one attached hydrogen (secondary N) is 3. The predicted octanol–water partition coefficient (Wildman–Crippen LogP) is 3.68. The van der Waals surface area contributed by atoms with E-state index in [4.69, 9.17) is 10.3 Å². The van der Waals surface area contributed by atoms with Gasteiger partial charge in [-0.2, -0.15) is 13.2 Å². The van der Waals surface area contributed by atoms with Gasteiger partial charge in [-0.1, -0.05) is 11.2 Å². The van der Waals surface area contributed by atoms with Crippen LogP contribution in [-0.4, -0.2) is 48.2 Å². The van der Waals surface area contributed by atoms with Crippen LogP contribution in [0.2, 0.25) is 0 Å². The SMILES string of the molecule is CC(C)(C)OC(=O)NC1CC(N=[N+]=[N-])CCC1NC(=O)CNC(=O)c1cccc(C(F)(F)F)c1. The van der Waals surface area contributed by atoms with E-state index in [1.807, 2.05) is 0 Å². The number of azide groups is 1. The monoisotopic (exact) mass is 484 g/mol. The van der Waals surface area contributed by atoms with Crippen LogP contribution in [0.15, 0.2) is 29.4 Å². The number of nitrogens with zero attached hydrogens (tertiary/aromatic N) is 3. The number of carbonyl (C=O) groups excluding carboxylic acids is 3. The summed E-state index contributed by atoms with van der Waals surface area (Å²) in [5.74, 6) is -1.43. The normalized spacial score (nSPS) is 20.5. The average Bonchev–Trinajstić information content (AvgIpc) is 2.72. The van der Waals surface area contributed by atoms with Crippen LogP contribution in [0.1, 0.15) is 56.0 Å². The molecule has 0 saturated heterocycles. The van der Waals surface area contributed by atoms with E-state index >= 15 is 0 Å². The second kappa shape index (κ2) is 11.1. The average molecular weight is 484 g/mol. The molecule has 34 heavy (non-hydrogen) atoms. The molecule has 1 aromatic rings. The molecule has 3 unspecified atom stereocenters. The summed E-state index contributed by atoms with van der Waals surface area (Å²) < 4.78 is 43.8. The maximum atomic E-state index is 12.8. The van der Waals surface area contributed by atoms with Crippen molar-refractivity contribution in [2.75, 3.05) is 6.54 Å². The molecule has 186 valence electrons. The van der Waals surface area contributed by atoms with E-state index in [1.165, 1.54) is 6.07 Å². The Kier molecular flexibility index (Phi) is 8.74. The van der Waals surface area contributed by atoms with Gasteiger partial charge in [-0.3, -0.25) is 9.59 Å². The zero-order chi connectivity index (χ0) is 25.5. The Morgan fingerprint density at radius 1 is 1.15 bits per heavy atom. The number of hydrogen-bond acceptors (Lipinski definition) is 5. The standard InChI is InChI=1S/C21H27F3N6O4/c1-20(2,3)34-19(33)28-16-10-14(29-30-25)7-8-15(16)27-17(31)11-26-18(32)12-5-4-6-13(9-12)21(22,23)24/h4-6,9,14-16H,7-8,10-11H2,1-3H3,(H,26,32)(H,27,31)(H,28,33). The number of halogens is 3. The highest BCUT2D eigenvalue weighted by atomic mass is 19.4. The lowest BCUT2D eigenvalue weighted by atomic mass is 9.87. The highest BCUT2D eigenvalue weighted by Gasteiger charge is 2.34. The van der Waals surface area contributed by atoms with Crippen molar-refractivity contribution < 1.29 is 32.3 Å². The first-order chi connectivity index (χ1) is 15.8. The van der Waals surface area contributed by atoms with Crippen LogP contribution in [0.3, 0.4) is 0 Å². The van der Waals surface area contributed by atoms with Crippen molar-refractivity contribution in [3.05, 3.63) is 45.8 Å². The molecule has 1 aromatic carbocycles. The van der Waals surface area contributed by atoms with Crippen molar-refractivity contribution in [3.8, 4) is 0 Å². The van der Waals surface area contributed by atoms with Crippen molar-refractivity contribution in [1.29, 1.82) is 0 Å².